The summed E-state index contributed by atoms with van der Waals surface area (Å²) < 4.78 is 5.27. The smallest absolute Gasteiger partial charge is 0.119 e. The summed E-state index contributed by atoms with van der Waals surface area (Å²) in [7, 11) is 1.72. The van der Waals surface area contributed by atoms with E-state index < -0.39 is 0 Å². The molecule has 1 atom stereocenters. The Hall–Kier alpha value is -1.02. The maximum atomic E-state index is 5.27. The van der Waals surface area contributed by atoms with Crippen molar-refractivity contribution in [3.63, 3.8) is 0 Å². The minimum Gasteiger partial charge on any atom is -0.497 e. The molecular formula is C16H25NO. The van der Waals surface area contributed by atoms with Crippen molar-refractivity contribution >= 4 is 0 Å². The number of nitrogens with one attached hydrogen (secondary N) is 1. The molecule has 1 N–H and O–H groups in total. The molecule has 2 rings (SSSR count). The number of hydrogen-bond acceptors (Lipinski definition) is 2. The lowest BCUT2D eigenvalue weighted by Crippen LogP contribution is -2.43. The Labute approximate surface area is 111 Å². The Morgan fingerprint density at radius 2 is 1.94 bits per heavy atom. The Morgan fingerprint density at radius 3 is 2.56 bits per heavy atom. The van der Waals surface area contributed by atoms with E-state index in [1.807, 2.05) is 6.07 Å². The van der Waals surface area contributed by atoms with Crippen LogP contribution in [0.15, 0.2) is 24.3 Å². The second kappa shape index (κ2) is 5.75. The fourth-order valence-corrected chi connectivity index (χ4v) is 2.70. The van der Waals surface area contributed by atoms with Gasteiger partial charge in [0, 0.05) is 12.1 Å². The minimum atomic E-state index is 0.401. The molecule has 100 valence electrons. The largest absolute Gasteiger partial charge is 0.497 e. The molecule has 1 fully saturated rings. The molecule has 0 saturated heterocycles. The summed E-state index contributed by atoms with van der Waals surface area (Å²) in [5, 5.41) is 3.71. The van der Waals surface area contributed by atoms with Gasteiger partial charge in [0.2, 0.25) is 0 Å². The van der Waals surface area contributed by atoms with Gasteiger partial charge >= 0.3 is 0 Å². The highest BCUT2D eigenvalue weighted by Gasteiger charge is 2.31. The van der Waals surface area contributed by atoms with Crippen LogP contribution in [0.3, 0.4) is 0 Å². The molecule has 2 heteroatoms. The summed E-state index contributed by atoms with van der Waals surface area (Å²) in [6.07, 6.45) is 2.65. The van der Waals surface area contributed by atoms with E-state index in [1.165, 1.54) is 18.4 Å². The number of rotatable bonds is 5. The molecule has 2 nitrogen and oxygen atoms in total. The van der Waals surface area contributed by atoms with Crippen LogP contribution in [0.5, 0.6) is 5.75 Å². The SMILES string of the molecule is COc1cccc([C@@H](C)NC2CC(C(C)C)C2)c1. The zero-order valence-electron chi connectivity index (χ0n) is 11.9. The first-order valence-corrected chi connectivity index (χ1v) is 7.00. The van der Waals surface area contributed by atoms with Crippen LogP contribution in [-0.4, -0.2) is 13.2 Å². The van der Waals surface area contributed by atoms with Gasteiger partial charge in [-0.05, 0) is 49.3 Å². The second-order valence-corrected chi connectivity index (χ2v) is 5.84. The van der Waals surface area contributed by atoms with E-state index in [-0.39, 0.29) is 0 Å². The van der Waals surface area contributed by atoms with Crippen LogP contribution in [-0.2, 0) is 0 Å². The van der Waals surface area contributed by atoms with Crippen molar-refractivity contribution in [3.8, 4) is 5.75 Å². The molecule has 1 aromatic rings. The first-order valence-electron chi connectivity index (χ1n) is 7.00. The topological polar surface area (TPSA) is 21.3 Å². The third kappa shape index (κ3) is 3.05. The third-order valence-corrected chi connectivity index (χ3v) is 4.20. The quantitative estimate of drug-likeness (QED) is 0.855. The van der Waals surface area contributed by atoms with Crippen LogP contribution in [0.2, 0.25) is 0 Å². The number of ether oxygens (including phenoxy) is 1. The minimum absolute atomic E-state index is 0.401. The fourth-order valence-electron chi connectivity index (χ4n) is 2.70. The number of methoxy groups -OCH3 is 1. The van der Waals surface area contributed by atoms with Gasteiger partial charge in [-0.15, -0.1) is 0 Å². The van der Waals surface area contributed by atoms with E-state index >= 15 is 0 Å². The molecule has 0 spiro atoms. The molecule has 18 heavy (non-hydrogen) atoms. The van der Waals surface area contributed by atoms with Gasteiger partial charge in [-0.2, -0.15) is 0 Å². The molecule has 0 aromatic heterocycles. The second-order valence-electron chi connectivity index (χ2n) is 5.84. The first-order chi connectivity index (χ1) is 8.60. The van der Waals surface area contributed by atoms with Crippen molar-refractivity contribution < 1.29 is 4.74 Å². The summed E-state index contributed by atoms with van der Waals surface area (Å²) in [6.45, 7) is 6.89. The monoisotopic (exact) mass is 247 g/mol. The van der Waals surface area contributed by atoms with Crippen LogP contribution < -0.4 is 10.1 Å². The van der Waals surface area contributed by atoms with E-state index in [0.29, 0.717) is 12.1 Å². The maximum Gasteiger partial charge on any atom is 0.119 e. The van der Waals surface area contributed by atoms with Gasteiger partial charge < -0.3 is 10.1 Å². The van der Waals surface area contributed by atoms with E-state index in [0.717, 1.165) is 17.6 Å². The molecule has 1 aliphatic rings. The molecule has 0 bridgehead atoms. The molecule has 0 aliphatic heterocycles. The maximum absolute atomic E-state index is 5.27. The average molecular weight is 247 g/mol. The normalized spacial score (nSPS) is 24.7. The van der Waals surface area contributed by atoms with Gasteiger partial charge in [0.25, 0.3) is 0 Å². The lowest BCUT2D eigenvalue weighted by Gasteiger charge is -2.40. The Morgan fingerprint density at radius 1 is 1.22 bits per heavy atom. The number of hydrogen-bond donors (Lipinski definition) is 1. The molecular weight excluding hydrogens is 222 g/mol. The first kappa shape index (κ1) is 13.4. The lowest BCUT2D eigenvalue weighted by molar-refractivity contribution is 0.159. The summed E-state index contributed by atoms with van der Waals surface area (Å²) in [5.41, 5.74) is 1.31. The molecule has 0 radical (unpaired) electrons. The Kier molecular flexibility index (Phi) is 4.28. The molecule has 1 aromatic carbocycles. The van der Waals surface area contributed by atoms with Gasteiger partial charge in [0.05, 0.1) is 7.11 Å². The van der Waals surface area contributed by atoms with Crippen LogP contribution in [0.1, 0.15) is 45.2 Å². The van der Waals surface area contributed by atoms with Crippen LogP contribution in [0, 0.1) is 11.8 Å². The van der Waals surface area contributed by atoms with Crippen LogP contribution in [0.4, 0.5) is 0 Å². The van der Waals surface area contributed by atoms with Gasteiger partial charge in [-0.1, -0.05) is 26.0 Å². The number of benzene rings is 1. The summed E-state index contributed by atoms with van der Waals surface area (Å²) in [6, 6.07) is 9.43. The average Bonchev–Trinajstić information content (AvgIpc) is 2.32. The lowest BCUT2D eigenvalue weighted by atomic mass is 9.73. The van der Waals surface area contributed by atoms with Gasteiger partial charge in [-0.25, -0.2) is 0 Å². The molecule has 1 saturated carbocycles. The van der Waals surface area contributed by atoms with Crippen LogP contribution >= 0.6 is 0 Å². The van der Waals surface area contributed by atoms with Crippen molar-refractivity contribution in [2.75, 3.05) is 7.11 Å². The zero-order valence-corrected chi connectivity index (χ0v) is 11.9. The van der Waals surface area contributed by atoms with Crippen molar-refractivity contribution in [1.29, 1.82) is 0 Å². The van der Waals surface area contributed by atoms with E-state index in [4.69, 9.17) is 4.74 Å². The predicted octanol–water partition coefficient (Wildman–Crippen LogP) is 3.78. The molecule has 0 amide bonds. The summed E-state index contributed by atoms with van der Waals surface area (Å²) in [4.78, 5) is 0. The van der Waals surface area contributed by atoms with Gasteiger partial charge in [-0.3, -0.25) is 0 Å². The van der Waals surface area contributed by atoms with Crippen molar-refractivity contribution in [2.45, 2.75) is 45.7 Å². The van der Waals surface area contributed by atoms with E-state index in [9.17, 15) is 0 Å². The van der Waals surface area contributed by atoms with Crippen molar-refractivity contribution in [3.05, 3.63) is 29.8 Å². The predicted molar refractivity (Wildman–Crippen MR) is 75.9 cm³/mol. The molecule has 1 aliphatic carbocycles. The van der Waals surface area contributed by atoms with E-state index in [2.05, 4.69) is 44.3 Å². The third-order valence-electron chi connectivity index (χ3n) is 4.20. The fraction of sp³-hybridized carbons (Fsp3) is 0.625. The summed E-state index contributed by atoms with van der Waals surface area (Å²) in [5.74, 6) is 2.69. The molecule has 0 heterocycles. The standard InChI is InChI=1S/C16H25NO/c1-11(2)14-8-15(9-14)17-12(3)13-6-5-7-16(10-13)18-4/h5-7,10-12,14-15,17H,8-9H2,1-4H3/t12-,14?,15?/m1/s1. The highest BCUT2D eigenvalue weighted by Crippen LogP contribution is 2.35. The molecule has 0 unspecified atom stereocenters. The highest BCUT2D eigenvalue weighted by atomic mass is 16.5. The van der Waals surface area contributed by atoms with Crippen molar-refractivity contribution in [1.82, 2.24) is 5.32 Å². The van der Waals surface area contributed by atoms with Gasteiger partial charge in [0.1, 0.15) is 5.75 Å². The zero-order chi connectivity index (χ0) is 13.1. The Bertz CT molecular complexity index is 382. The van der Waals surface area contributed by atoms with E-state index in [1.54, 1.807) is 7.11 Å². The van der Waals surface area contributed by atoms with Crippen LogP contribution in [0.25, 0.3) is 0 Å². The summed E-state index contributed by atoms with van der Waals surface area (Å²) >= 11 is 0. The van der Waals surface area contributed by atoms with Crippen molar-refractivity contribution in [2.24, 2.45) is 11.8 Å². The Balaban J connectivity index is 1.86. The highest BCUT2D eigenvalue weighted by molar-refractivity contribution is 5.30. The van der Waals surface area contributed by atoms with Gasteiger partial charge in [0.15, 0.2) is 0 Å².